The number of anilines is 1. The van der Waals surface area contributed by atoms with Crippen LogP contribution >= 0.6 is 0 Å². The first-order valence-corrected chi connectivity index (χ1v) is 5.20. The van der Waals surface area contributed by atoms with Crippen molar-refractivity contribution in [1.82, 2.24) is 14.8 Å². The molecule has 0 aliphatic heterocycles. The molecule has 0 spiro atoms. The predicted molar refractivity (Wildman–Crippen MR) is 62.5 cm³/mol. The van der Waals surface area contributed by atoms with Crippen LogP contribution in [0.4, 0.5) is 5.82 Å². The van der Waals surface area contributed by atoms with E-state index in [1.807, 2.05) is 13.0 Å². The van der Waals surface area contributed by atoms with E-state index >= 15 is 0 Å². The van der Waals surface area contributed by atoms with Crippen molar-refractivity contribution in [3.05, 3.63) is 36.2 Å². The van der Waals surface area contributed by atoms with E-state index in [-0.39, 0.29) is 5.56 Å². The fraction of sp³-hybridized carbons (Fsp3) is 0.182. The van der Waals surface area contributed by atoms with Crippen LogP contribution in [0.1, 0.15) is 17.3 Å². The van der Waals surface area contributed by atoms with Crippen molar-refractivity contribution in [1.29, 1.82) is 0 Å². The van der Waals surface area contributed by atoms with E-state index in [1.165, 1.54) is 10.9 Å². The number of aromatic nitrogens is 3. The van der Waals surface area contributed by atoms with E-state index in [9.17, 15) is 4.79 Å². The molecule has 0 fully saturated rings. The molecule has 0 saturated carbocycles. The van der Waals surface area contributed by atoms with Crippen LogP contribution in [0.3, 0.4) is 0 Å². The molecule has 0 unspecified atom stereocenters. The zero-order valence-corrected chi connectivity index (χ0v) is 9.29. The maximum atomic E-state index is 11.0. The third-order valence-electron chi connectivity index (χ3n) is 2.21. The number of carboxylic acids is 1. The van der Waals surface area contributed by atoms with Crippen molar-refractivity contribution >= 4 is 11.8 Å². The molecule has 2 rings (SSSR count). The van der Waals surface area contributed by atoms with Crippen LogP contribution in [0.25, 0.3) is 5.82 Å². The Labute approximate surface area is 97.9 Å². The average Bonchev–Trinajstić information content (AvgIpc) is 2.75. The van der Waals surface area contributed by atoms with Crippen molar-refractivity contribution < 1.29 is 9.90 Å². The van der Waals surface area contributed by atoms with Gasteiger partial charge >= 0.3 is 5.97 Å². The molecule has 0 amide bonds. The number of hydrogen-bond acceptors (Lipinski definition) is 4. The van der Waals surface area contributed by atoms with Gasteiger partial charge in [-0.25, -0.2) is 9.78 Å². The summed E-state index contributed by atoms with van der Waals surface area (Å²) < 4.78 is 1.48. The van der Waals surface area contributed by atoms with Crippen molar-refractivity contribution in [2.24, 2.45) is 0 Å². The third kappa shape index (κ3) is 2.10. The number of hydrogen-bond donors (Lipinski definition) is 2. The molecule has 6 nitrogen and oxygen atoms in total. The average molecular weight is 232 g/mol. The normalized spacial score (nSPS) is 10.2. The van der Waals surface area contributed by atoms with Crippen LogP contribution < -0.4 is 5.32 Å². The number of nitrogens with one attached hydrogen (secondary N) is 1. The SMILES string of the molecule is CCNc1c(C(=O)O)cnn1-c1ccccn1. The molecule has 0 bridgehead atoms. The molecular weight excluding hydrogens is 220 g/mol. The van der Waals surface area contributed by atoms with Crippen LogP contribution in [-0.4, -0.2) is 32.4 Å². The lowest BCUT2D eigenvalue weighted by molar-refractivity contribution is 0.0698. The summed E-state index contributed by atoms with van der Waals surface area (Å²) in [4.78, 5) is 15.2. The van der Waals surface area contributed by atoms with Gasteiger partial charge in [0.05, 0.1) is 6.20 Å². The molecule has 6 heteroatoms. The highest BCUT2D eigenvalue weighted by atomic mass is 16.4. The smallest absolute Gasteiger partial charge is 0.341 e. The Balaban J connectivity index is 2.51. The van der Waals surface area contributed by atoms with Crippen molar-refractivity contribution in [3.8, 4) is 5.82 Å². The first kappa shape index (κ1) is 11.1. The molecule has 0 aromatic carbocycles. The van der Waals surface area contributed by atoms with E-state index in [0.29, 0.717) is 18.2 Å². The summed E-state index contributed by atoms with van der Waals surface area (Å²) in [7, 11) is 0. The maximum Gasteiger partial charge on any atom is 0.341 e. The van der Waals surface area contributed by atoms with Gasteiger partial charge in [0.25, 0.3) is 0 Å². The van der Waals surface area contributed by atoms with Crippen LogP contribution in [0.2, 0.25) is 0 Å². The highest BCUT2D eigenvalue weighted by Gasteiger charge is 2.17. The predicted octanol–water partition coefficient (Wildman–Crippen LogP) is 1.40. The first-order valence-electron chi connectivity index (χ1n) is 5.20. The Kier molecular flexibility index (Phi) is 3.04. The highest BCUT2D eigenvalue weighted by Crippen LogP contribution is 2.18. The minimum absolute atomic E-state index is 0.137. The van der Waals surface area contributed by atoms with Gasteiger partial charge in [-0.05, 0) is 19.1 Å². The van der Waals surface area contributed by atoms with Crippen LogP contribution in [0, 0.1) is 0 Å². The van der Waals surface area contributed by atoms with Crippen LogP contribution in [0.5, 0.6) is 0 Å². The van der Waals surface area contributed by atoms with E-state index in [1.54, 1.807) is 18.3 Å². The van der Waals surface area contributed by atoms with Crippen molar-refractivity contribution in [3.63, 3.8) is 0 Å². The van der Waals surface area contributed by atoms with E-state index in [2.05, 4.69) is 15.4 Å². The number of carbonyl (C=O) groups is 1. The zero-order valence-electron chi connectivity index (χ0n) is 9.29. The van der Waals surface area contributed by atoms with Gasteiger partial charge in [-0.3, -0.25) is 0 Å². The molecule has 2 aromatic heterocycles. The third-order valence-corrected chi connectivity index (χ3v) is 2.21. The fourth-order valence-corrected chi connectivity index (χ4v) is 1.50. The lowest BCUT2D eigenvalue weighted by atomic mass is 10.3. The van der Waals surface area contributed by atoms with Crippen molar-refractivity contribution in [2.45, 2.75) is 6.92 Å². The summed E-state index contributed by atoms with van der Waals surface area (Å²) in [5.41, 5.74) is 0.137. The zero-order chi connectivity index (χ0) is 12.3. The lowest BCUT2D eigenvalue weighted by Gasteiger charge is -2.08. The molecule has 0 saturated heterocycles. The topological polar surface area (TPSA) is 80.0 Å². The van der Waals surface area contributed by atoms with Gasteiger partial charge in [-0.2, -0.15) is 9.78 Å². The number of carboxylic acid groups (broad SMARTS) is 1. The van der Waals surface area contributed by atoms with Crippen LogP contribution in [-0.2, 0) is 0 Å². The quantitative estimate of drug-likeness (QED) is 0.832. The van der Waals surface area contributed by atoms with Gasteiger partial charge in [-0.1, -0.05) is 6.07 Å². The van der Waals surface area contributed by atoms with E-state index < -0.39 is 5.97 Å². The summed E-state index contributed by atoms with van der Waals surface area (Å²) >= 11 is 0. The van der Waals surface area contributed by atoms with Gasteiger partial charge in [0, 0.05) is 12.7 Å². The molecule has 2 aromatic rings. The Hall–Kier alpha value is -2.37. The number of nitrogens with zero attached hydrogens (tertiary/aromatic N) is 3. The Morgan fingerprint density at radius 3 is 2.94 bits per heavy atom. The van der Waals surface area contributed by atoms with Gasteiger partial charge in [-0.15, -0.1) is 0 Å². The van der Waals surface area contributed by atoms with Gasteiger partial charge in [0.15, 0.2) is 5.82 Å². The lowest BCUT2D eigenvalue weighted by Crippen LogP contribution is -2.10. The summed E-state index contributed by atoms with van der Waals surface area (Å²) in [5, 5.41) is 16.1. The fourth-order valence-electron chi connectivity index (χ4n) is 1.50. The maximum absolute atomic E-state index is 11.0. The summed E-state index contributed by atoms with van der Waals surface area (Å²) in [6.07, 6.45) is 2.95. The van der Waals surface area contributed by atoms with E-state index in [4.69, 9.17) is 5.11 Å². The second-order valence-electron chi connectivity index (χ2n) is 3.34. The molecule has 0 radical (unpaired) electrons. The molecule has 0 aliphatic carbocycles. The molecule has 0 aliphatic rings. The van der Waals surface area contributed by atoms with Gasteiger partial charge in [0.2, 0.25) is 0 Å². The van der Waals surface area contributed by atoms with Crippen LogP contribution in [0.15, 0.2) is 30.6 Å². The molecule has 88 valence electrons. The van der Waals surface area contributed by atoms with E-state index in [0.717, 1.165) is 0 Å². The van der Waals surface area contributed by atoms with Gasteiger partial charge < -0.3 is 10.4 Å². The molecule has 2 heterocycles. The number of aromatic carboxylic acids is 1. The van der Waals surface area contributed by atoms with Gasteiger partial charge in [0.1, 0.15) is 11.4 Å². The summed E-state index contributed by atoms with van der Waals surface area (Å²) in [6.45, 7) is 2.50. The monoisotopic (exact) mass is 232 g/mol. The Morgan fingerprint density at radius 2 is 2.35 bits per heavy atom. The summed E-state index contributed by atoms with van der Waals surface area (Å²) in [6, 6.07) is 5.37. The molecule has 17 heavy (non-hydrogen) atoms. The van der Waals surface area contributed by atoms with Crippen molar-refractivity contribution in [2.75, 3.05) is 11.9 Å². The molecule has 0 atom stereocenters. The molecular formula is C11H12N4O2. The standard InChI is InChI=1S/C11H12N4O2/c1-2-12-10-8(11(16)17)7-14-15(10)9-5-3-4-6-13-9/h3-7,12H,2H2,1H3,(H,16,17). The first-order chi connectivity index (χ1) is 8.24. The highest BCUT2D eigenvalue weighted by molar-refractivity contribution is 5.93. The number of pyridine rings is 1. The Morgan fingerprint density at radius 1 is 1.53 bits per heavy atom. The Bertz CT molecular complexity index is 522. The molecule has 2 N–H and O–H groups in total. The minimum Gasteiger partial charge on any atom is -0.477 e. The summed E-state index contributed by atoms with van der Waals surface area (Å²) in [5.74, 6) is 0.0118. The largest absolute Gasteiger partial charge is 0.477 e. The second kappa shape index (κ2) is 4.65. The minimum atomic E-state index is -1.01. The number of rotatable bonds is 4. The second-order valence-corrected chi connectivity index (χ2v) is 3.34.